The second-order valence-electron chi connectivity index (χ2n) is 11.4. The van der Waals surface area contributed by atoms with Crippen molar-refractivity contribution >= 4 is 57.0 Å². The first kappa shape index (κ1) is 30.0. The summed E-state index contributed by atoms with van der Waals surface area (Å²) < 4.78 is 27.7. The van der Waals surface area contributed by atoms with Crippen LogP contribution in [0.5, 0.6) is 0 Å². The zero-order valence-corrected chi connectivity index (χ0v) is 25.8. The maximum Gasteiger partial charge on any atom is 0.246 e. The molecule has 0 aliphatic carbocycles. The van der Waals surface area contributed by atoms with Crippen molar-refractivity contribution in [3.63, 3.8) is 0 Å². The second-order valence-corrected chi connectivity index (χ2v) is 11.8. The van der Waals surface area contributed by atoms with E-state index in [1.54, 1.807) is 17.0 Å². The molecule has 2 aromatic carbocycles. The minimum absolute atomic E-state index is 0.122. The first-order chi connectivity index (χ1) is 21.2. The molecule has 44 heavy (non-hydrogen) atoms. The van der Waals surface area contributed by atoms with E-state index in [4.69, 9.17) is 31.6 Å². The zero-order valence-electron chi connectivity index (χ0n) is 25.1. The summed E-state index contributed by atoms with van der Waals surface area (Å²) in [6.45, 7) is 14.9. The van der Waals surface area contributed by atoms with Crippen LogP contribution in [0.3, 0.4) is 0 Å². The lowest BCUT2D eigenvalue weighted by molar-refractivity contribution is -0.128. The van der Waals surface area contributed by atoms with Gasteiger partial charge in [-0.1, -0.05) is 29.4 Å². The van der Waals surface area contributed by atoms with Gasteiger partial charge in [0.15, 0.2) is 17.2 Å². The number of aromatic nitrogens is 3. The zero-order chi connectivity index (χ0) is 31.1. The molecule has 3 N–H and O–H groups in total. The quantitative estimate of drug-likeness (QED) is 0.285. The van der Waals surface area contributed by atoms with Gasteiger partial charge in [-0.25, -0.2) is 9.37 Å². The molecule has 2 atom stereocenters. The minimum Gasteiger partial charge on any atom is -0.380 e. The number of halogens is 2. The number of nitrogen functional groups attached to an aromatic ring is 1. The number of anilines is 3. The number of fused-ring (bicyclic) bond motifs is 2. The van der Waals surface area contributed by atoms with E-state index in [-0.39, 0.29) is 39.9 Å². The highest BCUT2D eigenvalue weighted by Crippen LogP contribution is 2.44. The molecule has 0 unspecified atom stereocenters. The monoisotopic (exact) mass is 622 g/mol. The number of amides is 1. The van der Waals surface area contributed by atoms with Crippen LogP contribution in [0.4, 0.5) is 22.0 Å². The van der Waals surface area contributed by atoms with Crippen molar-refractivity contribution in [2.24, 2.45) is 0 Å². The third-order valence-corrected chi connectivity index (χ3v) is 8.82. The third kappa shape index (κ3) is 5.42. The molecule has 1 amide bonds. The summed E-state index contributed by atoms with van der Waals surface area (Å²) in [4.78, 5) is 28.3. The number of hydrogen-bond acceptors (Lipinski definition) is 10. The Morgan fingerprint density at radius 3 is 2.73 bits per heavy atom. The number of hydrogen-bond donors (Lipinski definition) is 2. The summed E-state index contributed by atoms with van der Waals surface area (Å²) in [5.74, 6) is 0.276. The van der Waals surface area contributed by atoms with Crippen molar-refractivity contribution in [2.45, 2.75) is 32.9 Å². The van der Waals surface area contributed by atoms with Gasteiger partial charge in [0, 0.05) is 67.9 Å². The molecule has 13 heteroatoms. The topological polar surface area (TPSA) is 126 Å². The molecule has 2 aliphatic heterocycles. The predicted molar refractivity (Wildman–Crippen MR) is 171 cm³/mol. The van der Waals surface area contributed by atoms with E-state index in [1.807, 2.05) is 26.8 Å². The summed E-state index contributed by atoms with van der Waals surface area (Å²) in [5, 5.41) is 8.37. The number of carbonyl (C=O) groups excluding carboxylic acids is 1. The number of nitrogens with two attached hydrogens (primary N) is 1. The molecule has 2 fully saturated rings. The van der Waals surface area contributed by atoms with E-state index >= 15 is 4.39 Å². The van der Waals surface area contributed by atoms with Gasteiger partial charge in [-0.2, -0.15) is 4.98 Å². The van der Waals surface area contributed by atoms with Crippen LogP contribution in [0, 0.1) is 12.7 Å². The molecule has 4 aromatic rings. The summed E-state index contributed by atoms with van der Waals surface area (Å²) in [6, 6.07) is 5.03. The molecular formula is C31H36ClFN8O3. The third-order valence-electron chi connectivity index (χ3n) is 8.52. The highest BCUT2D eigenvalue weighted by molar-refractivity contribution is 6.35. The van der Waals surface area contributed by atoms with Crippen LogP contribution in [0.25, 0.3) is 33.0 Å². The fourth-order valence-electron chi connectivity index (χ4n) is 6.19. The Kier molecular flexibility index (Phi) is 8.32. The van der Waals surface area contributed by atoms with Gasteiger partial charge >= 0.3 is 0 Å². The Balaban J connectivity index is 1.47. The number of benzene rings is 2. The predicted octanol–water partition coefficient (Wildman–Crippen LogP) is 4.48. The van der Waals surface area contributed by atoms with E-state index in [0.717, 1.165) is 25.2 Å². The number of piperazine rings is 1. The Labute approximate surface area is 259 Å². The van der Waals surface area contributed by atoms with Crippen LogP contribution in [-0.4, -0.2) is 95.4 Å². The van der Waals surface area contributed by atoms with Crippen LogP contribution in [0.15, 0.2) is 35.4 Å². The fourth-order valence-corrected chi connectivity index (χ4v) is 6.47. The number of morpholine rings is 1. The molecule has 232 valence electrons. The van der Waals surface area contributed by atoms with Gasteiger partial charge in [0.25, 0.3) is 0 Å². The maximum absolute atomic E-state index is 16.9. The Bertz CT molecular complexity index is 1740. The van der Waals surface area contributed by atoms with Crippen molar-refractivity contribution in [3.8, 4) is 11.1 Å². The molecule has 0 saturated carbocycles. The van der Waals surface area contributed by atoms with Crippen molar-refractivity contribution < 1.29 is 18.4 Å². The second kappa shape index (κ2) is 12.2. The van der Waals surface area contributed by atoms with Gasteiger partial charge < -0.3 is 30.1 Å². The summed E-state index contributed by atoms with van der Waals surface area (Å²) >= 11 is 6.90. The largest absolute Gasteiger partial charge is 0.380 e. The maximum atomic E-state index is 16.9. The van der Waals surface area contributed by atoms with Crippen LogP contribution in [0.2, 0.25) is 5.02 Å². The highest BCUT2D eigenvalue weighted by Gasteiger charge is 2.34. The molecule has 2 aromatic heterocycles. The number of rotatable bonds is 7. The lowest BCUT2D eigenvalue weighted by Gasteiger charge is -2.44. The van der Waals surface area contributed by atoms with E-state index < -0.39 is 5.82 Å². The Morgan fingerprint density at radius 1 is 1.20 bits per heavy atom. The number of nitrogens with zero attached hydrogens (tertiary/aromatic N) is 6. The highest BCUT2D eigenvalue weighted by atomic mass is 35.5. The van der Waals surface area contributed by atoms with Crippen LogP contribution in [0.1, 0.15) is 19.4 Å². The number of nitrogens with one attached hydrogen (secondary N) is 1. The van der Waals surface area contributed by atoms with E-state index in [1.165, 1.54) is 6.08 Å². The normalized spacial score (nSPS) is 19.6. The Hall–Kier alpha value is -4.00. The Morgan fingerprint density at radius 2 is 1.98 bits per heavy atom. The lowest BCUT2D eigenvalue weighted by Crippen LogP contribution is -2.58. The van der Waals surface area contributed by atoms with Gasteiger partial charge in [0.05, 0.1) is 23.6 Å². The summed E-state index contributed by atoms with van der Waals surface area (Å²) in [5.41, 5.74) is 8.16. The molecule has 0 radical (unpaired) electrons. The molecule has 2 saturated heterocycles. The first-order valence-corrected chi connectivity index (χ1v) is 15.1. The number of aryl methyl sites for hydroxylation is 1. The molecule has 6 rings (SSSR count). The molecule has 11 nitrogen and oxygen atoms in total. The number of ether oxygens (including phenoxy) is 1. The summed E-state index contributed by atoms with van der Waals surface area (Å²) in [7, 11) is 0. The van der Waals surface area contributed by atoms with Crippen LogP contribution < -0.4 is 16.0 Å². The van der Waals surface area contributed by atoms with E-state index in [2.05, 4.69) is 31.8 Å². The van der Waals surface area contributed by atoms with Crippen molar-refractivity contribution in [1.29, 1.82) is 0 Å². The van der Waals surface area contributed by atoms with Crippen LogP contribution >= 0.6 is 11.6 Å². The van der Waals surface area contributed by atoms with Gasteiger partial charge in [-0.15, -0.1) is 0 Å². The average Bonchev–Trinajstić information content (AvgIpc) is 3.39. The van der Waals surface area contributed by atoms with E-state index in [0.29, 0.717) is 66.5 Å². The smallest absolute Gasteiger partial charge is 0.246 e. The van der Waals surface area contributed by atoms with Crippen molar-refractivity contribution in [2.75, 3.05) is 68.4 Å². The molecule has 2 aliphatic rings. The SMILES string of the molecule is C=CC(=O)N1C[C@H](C)N(c2nc(NCCN3CCOCC3)nc3c(F)c(-c4c(C)ccc5onc(N)c45)c(Cl)cc23)C[C@H]1C. The first-order valence-electron chi connectivity index (χ1n) is 14.8. The lowest BCUT2D eigenvalue weighted by atomic mass is 9.94. The van der Waals surface area contributed by atoms with Gasteiger partial charge in [0.1, 0.15) is 11.3 Å². The minimum atomic E-state index is -0.593. The fraction of sp³-hybridized carbons (Fsp3) is 0.419. The standard InChI is InChI=1S/C31H36ClFN8O3/c1-5-23(42)40-15-19(4)41(16-18(40)3)30-20-14-21(32)25(24-17(2)6-7-22-26(24)29(34)38-44-22)27(33)28(20)36-31(37-30)35-8-9-39-10-12-43-13-11-39/h5-7,14,18-19H,1,8-13,15-16H2,2-4H3,(H2,34,38)(H,35,36,37)/t18-,19+/m1/s1. The molecule has 0 bridgehead atoms. The van der Waals surface area contributed by atoms with E-state index in [9.17, 15) is 4.79 Å². The summed E-state index contributed by atoms with van der Waals surface area (Å²) in [6.07, 6.45) is 1.33. The van der Waals surface area contributed by atoms with Crippen LogP contribution in [-0.2, 0) is 9.53 Å². The van der Waals surface area contributed by atoms with Crippen molar-refractivity contribution in [3.05, 3.63) is 47.3 Å². The van der Waals surface area contributed by atoms with Crippen molar-refractivity contribution in [1.82, 2.24) is 24.9 Å². The molecular weight excluding hydrogens is 587 g/mol. The molecule has 4 heterocycles. The average molecular weight is 623 g/mol. The number of carbonyl (C=O) groups is 1. The molecule has 0 spiro atoms. The van der Waals surface area contributed by atoms with Gasteiger partial charge in [-0.3, -0.25) is 9.69 Å². The van der Waals surface area contributed by atoms with Gasteiger partial charge in [0.2, 0.25) is 11.9 Å². The van der Waals surface area contributed by atoms with Gasteiger partial charge in [-0.05, 0) is 44.5 Å².